The van der Waals surface area contributed by atoms with E-state index in [1.165, 1.54) is 23.9 Å². The Morgan fingerprint density at radius 3 is 2.72 bits per heavy atom. The third kappa shape index (κ3) is 3.97. The lowest BCUT2D eigenvalue weighted by Crippen LogP contribution is -2.31. The predicted molar refractivity (Wildman–Crippen MR) is 110 cm³/mol. The zero-order valence-electron chi connectivity index (χ0n) is 15.6. The topological polar surface area (TPSA) is 115 Å². The summed E-state index contributed by atoms with van der Waals surface area (Å²) in [4.78, 5) is 32.3. The maximum atomic E-state index is 12.8. The molecule has 0 unspecified atom stereocenters. The highest BCUT2D eigenvalue weighted by molar-refractivity contribution is 7.98. The molecule has 1 atom stereocenters. The molecule has 2 heterocycles. The highest BCUT2D eigenvalue weighted by Gasteiger charge is 2.31. The van der Waals surface area contributed by atoms with Crippen LogP contribution in [0.1, 0.15) is 34.6 Å². The molecule has 0 spiro atoms. The molecule has 1 aromatic heterocycles. The Morgan fingerprint density at radius 1 is 1.14 bits per heavy atom. The van der Waals surface area contributed by atoms with Crippen molar-refractivity contribution in [2.75, 3.05) is 5.32 Å². The third-order valence-corrected chi connectivity index (χ3v) is 5.73. The summed E-state index contributed by atoms with van der Waals surface area (Å²) in [5.41, 5.74) is 2.83. The SMILES string of the molecule is Cc1cccc(CSc2nc3c(c(=O)[nH]2)[C@@H](c2ccc(O)c(O)c2)CC(=O)N3)c1. The third-order valence-electron chi connectivity index (χ3n) is 4.79. The summed E-state index contributed by atoms with van der Waals surface area (Å²) >= 11 is 1.38. The second kappa shape index (κ2) is 7.63. The Labute approximate surface area is 170 Å². The van der Waals surface area contributed by atoms with Crippen molar-refractivity contribution < 1.29 is 15.0 Å². The van der Waals surface area contributed by atoms with E-state index in [1.807, 2.05) is 25.1 Å². The van der Waals surface area contributed by atoms with Crippen molar-refractivity contribution >= 4 is 23.5 Å². The molecule has 8 heteroatoms. The van der Waals surface area contributed by atoms with Crippen molar-refractivity contribution in [2.45, 2.75) is 30.2 Å². The summed E-state index contributed by atoms with van der Waals surface area (Å²) in [5, 5.41) is 22.4. The normalized spacial score (nSPS) is 15.6. The van der Waals surface area contributed by atoms with Gasteiger partial charge in [0, 0.05) is 18.1 Å². The molecule has 0 aliphatic carbocycles. The molecule has 148 valence electrons. The number of thioether (sulfide) groups is 1. The Balaban J connectivity index is 1.66. The minimum Gasteiger partial charge on any atom is -0.504 e. The molecule has 3 aromatic rings. The van der Waals surface area contributed by atoms with Crippen LogP contribution in [0.15, 0.2) is 52.4 Å². The molecular weight excluding hydrogens is 390 g/mol. The lowest BCUT2D eigenvalue weighted by atomic mass is 9.86. The van der Waals surface area contributed by atoms with Crippen LogP contribution < -0.4 is 10.9 Å². The first kappa shape index (κ1) is 19.1. The number of aromatic amines is 1. The number of phenols is 2. The highest BCUT2D eigenvalue weighted by Crippen LogP contribution is 2.37. The van der Waals surface area contributed by atoms with Crippen LogP contribution in [0.3, 0.4) is 0 Å². The molecule has 7 nitrogen and oxygen atoms in total. The van der Waals surface area contributed by atoms with E-state index in [0.717, 1.165) is 11.1 Å². The average Bonchev–Trinajstić information content (AvgIpc) is 2.67. The van der Waals surface area contributed by atoms with E-state index < -0.39 is 5.92 Å². The first-order chi connectivity index (χ1) is 13.9. The van der Waals surface area contributed by atoms with Crippen LogP contribution >= 0.6 is 11.8 Å². The number of benzene rings is 2. The lowest BCUT2D eigenvalue weighted by molar-refractivity contribution is -0.116. The number of amides is 1. The monoisotopic (exact) mass is 409 g/mol. The van der Waals surface area contributed by atoms with E-state index in [1.54, 1.807) is 6.07 Å². The fourth-order valence-corrected chi connectivity index (χ4v) is 4.22. The molecule has 1 aliphatic rings. The summed E-state index contributed by atoms with van der Waals surface area (Å²) in [6.45, 7) is 2.02. The standard InChI is InChI=1S/C21H19N3O4S/c1-11-3-2-4-12(7-11)10-29-21-23-19-18(20(28)24-21)14(9-17(27)22-19)13-5-6-15(25)16(26)8-13/h2-8,14,25-26H,9-10H2,1H3,(H2,22,23,24,27,28)/t14-/m1/s1. The van der Waals surface area contributed by atoms with Crippen molar-refractivity contribution in [3.63, 3.8) is 0 Å². The van der Waals surface area contributed by atoms with Crippen LogP contribution in [0.4, 0.5) is 5.82 Å². The zero-order valence-corrected chi connectivity index (χ0v) is 16.4. The van der Waals surface area contributed by atoms with Crippen LogP contribution in [-0.4, -0.2) is 26.1 Å². The molecular formula is C21H19N3O4S. The molecule has 0 saturated carbocycles. The number of phenolic OH excluding ortho intramolecular Hbond substituents is 2. The van der Waals surface area contributed by atoms with Gasteiger partial charge in [0.1, 0.15) is 5.82 Å². The summed E-state index contributed by atoms with van der Waals surface area (Å²) in [6.07, 6.45) is 0.0533. The number of nitrogens with zero attached hydrogens (tertiary/aromatic N) is 1. The van der Waals surface area contributed by atoms with Crippen LogP contribution in [0, 0.1) is 6.92 Å². The van der Waals surface area contributed by atoms with Gasteiger partial charge in [-0.25, -0.2) is 4.98 Å². The van der Waals surface area contributed by atoms with Gasteiger partial charge in [-0.15, -0.1) is 0 Å². The molecule has 0 radical (unpaired) electrons. The van der Waals surface area contributed by atoms with Gasteiger partial charge in [0.2, 0.25) is 5.91 Å². The smallest absolute Gasteiger partial charge is 0.257 e. The van der Waals surface area contributed by atoms with E-state index in [-0.39, 0.29) is 35.2 Å². The average molecular weight is 409 g/mol. The molecule has 0 saturated heterocycles. The first-order valence-electron chi connectivity index (χ1n) is 9.05. The van der Waals surface area contributed by atoms with Gasteiger partial charge < -0.3 is 20.5 Å². The van der Waals surface area contributed by atoms with E-state index in [2.05, 4.69) is 21.4 Å². The maximum Gasteiger partial charge on any atom is 0.257 e. The quantitative estimate of drug-likeness (QED) is 0.299. The Morgan fingerprint density at radius 2 is 1.97 bits per heavy atom. The number of fused-ring (bicyclic) bond motifs is 1. The number of carbonyl (C=O) groups is 1. The summed E-state index contributed by atoms with van der Waals surface area (Å²) in [7, 11) is 0. The van der Waals surface area contributed by atoms with Crippen LogP contribution in [-0.2, 0) is 10.5 Å². The minimum absolute atomic E-state index is 0.0533. The first-order valence-corrected chi connectivity index (χ1v) is 10.0. The van der Waals surface area contributed by atoms with Gasteiger partial charge in [-0.1, -0.05) is 47.7 Å². The van der Waals surface area contributed by atoms with Crippen molar-refractivity contribution in [2.24, 2.45) is 0 Å². The highest BCUT2D eigenvalue weighted by atomic mass is 32.2. The number of nitrogens with one attached hydrogen (secondary N) is 2. The largest absolute Gasteiger partial charge is 0.504 e. The number of aromatic hydroxyl groups is 2. The number of H-pyrrole nitrogens is 1. The van der Waals surface area contributed by atoms with E-state index >= 15 is 0 Å². The second-order valence-electron chi connectivity index (χ2n) is 6.96. The zero-order chi connectivity index (χ0) is 20.5. The van der Waals surface area contributed by atoms with Crippen LogP contribution in [0.2, 0.25) is 0 Å². The molecule has 29 heavy (non-hydrogen) atoms. The Kier molecular flexibility index (Phi) is 5.02. The summed E-state index contributed by atoms with van der Waals surface area (Å²) < 4.78 is 0. The van der Waals surface area contributed by atoms with Crippen LogP contribution in [0.25, 0.3) is 0 Å². The van der Waals surface area contributed by atoms with Gasteiger partial charge in [0.25, 0.3) is 5.56 Å². The van der Waals surface area contributed by atoms with Crippen molar-refractivity contribution in [1.82, 2.24) is 9.97 Å². The van der Waals surface area contributed by atoms with Gasteiger partial charge in [-0.2, -0.15) is 0 Å². The fraction of sp³-hybridized carbons (Fsp3) is 0.190. The summed E-state index contributed by atoms with van der Waals surface area (Å²) in [6, 6.07) is 12.4. The van der Waals surface area contributed by atoms with Crippen molar-refractivity contribution in [3.05, 3.63) is 75.1 Å². The second-order valence-corrected chi connectivity index (χ2v) is 7.93. The molecule has 0 bridgehead atoms. The van der Waals surface area contributed by atoms with E-state index in [9.17, 15) is 19.8 Å². The fourth-order valence-electron chi connectivity index (χ4n) is 3.41. The number of carbonyl (C=O) groups excluding carboxylic acids is 1. The van der Waals surface area contributed by atoms with Crippen molar-refractivity contribution in [3.8, 4) is 11.5 Å². The predicted octanol–water partition coefficient (Wildman–Crippen LogP) is 3.26. The molecule has 2 aromatic carbocycles. The lowest BCUT2D eigenvalue weighted by Gasteiger charge is -2.24. The number of hydrogen-bond donors (Lipinski definition) is 4. The van der Waals surface area contributed by atoms with E-state index in [4.69, 9.17) is 0 Å². The Bertz CT molecular complexity index is 1160. The minimum atomic E-state index is -0.558. The number of aryl methyl sites for hydroxylation is 1. The molecule has 1 amide bonds. The number of aromatic nitrogens is 2. The molecule has 4 rings (SSSR count). The summed E-state index contributed by atoms with van der Waals surface area (Å²) in [5.74, 6) is -0.518. The molecule has 1 aliphatic heterocycles. The van der Waals surface area contributed by atoms with E-state index in [0.29, 0.717) is 22.0 Å². The molecule has 0 fully saturated rings. The number of rotatable bonds is 4. The van der Waals surface area contributed by atoms with Gasteiger partial charge in [-0.05, 0) is 30.2 Å². The Hall–Kier alpha value is -3.26. The van der Waals surface area contributed by atoms with Gasteiger partial charge in [-0.3, -0.25) is 9.59 Å². The van der Waals surface area contributed by atoms with Gasteiger partial charge in [0.15, 0.2) is 16.7 Å². The maximum absolute atomic E-state index is 12.8. The number of anilines is 1. The van der Waals surface area contributed by atoms with Gasteiger partial charge in [0.05, 0.1) is 5.56 Å². The van der Waals surface area contributed by atoms with Gasteiger partial charge >= 0.3 is 0 Å². The molecule has 4 N–H and O–H groups in total. The van der Waals surface area contributed by atoms with Crippen molar-refractivity contribution in [1.29, 1.82) is 0 Å². The van der Waals surface area contributed by atoms with Crippen LogP contribution in [0.5, 0.6) is 11.5 Å². The number of hydrogen-bond acceptors (Lipinski definition) is 6.